The van der Waals surface area contributed by atoms with E-state index in [4.69, 9.17) is 0 Å². The summed E-state index contributed by atoms with van der Waals surface area (Å²) in [5, 5.41) is 4.09. The molecule has 0 saturated heterocycles. The molecule has 0 bridgehead atoms. The molecule has 7 heteroatoms. The fourth-order valence-electron chi connectivity index (χ4n) is 2.84. The Morgan fingerprint density at radius 1 is 1.26 bits per heavy atom. The summed E-state index contributed by atoms with van der Waals surface area (Å²) in [6.07, 6.45) is 6.88. The standard InChI is InChI=1S/C16H16N4O2S/c1-11-7-8-17-16(15(11)12-5-6-12)19-23(21,22)14-10-18-20-9-3-2-4-13(14)20/h2-4,7-10,12H,5-6H2,1H3,(H,17,19). The molecule has 1 fully saturated rings. The van der Waals surface area contributed by atoms with Crippen molar-refractivity contribution in [3.63, 3.8) is 0 Å². The van der Waals surface area contributed by atoms with Crippen LogP contribution in [0.15, 0.2) is 47.8 Å². The van der Waals surface area contributed by atoms with Crippen molar-refractivity contribution in [3.05, 3.63) is 54.0 Å². The summed E-state index contributed by atoms with van der Waals surface area (Å²) >= 11 is 0. The maximum absolute atomic E-state index is 12.8. The Bertz CT molecular complexity index is 990. The highest BCUT2D eigenvalue weighted by Crippen LogP contribution is 2.44. The number of aryl methyl sites for hydroxylation is 1. The highest BCUT2D eigenvalue weighted by molar-refractivity contribution is 7.93. The van der Waals surface area contributed by atoms with Gasteiger partial charge in [-0.1, -0.05) is 6.07 Å². The third kappa shape index (κ3) is 2.46. The van der Waals surface area contributed by atoms with Crippen LogP contribution in [0.3, 0.4) is 0 Å². The lowest BCUT2D eigenvalue weighted by Gasteiger charge is -2.12. The van der Waals surface area contributed by atoms with E-state index in [1.807, 2.05) is 13.0 Å². The van der Waals surface area contributed by atoms with E-state index in [1.54, 1.807) is 35.1 Å². The molecule has 1 saturated carbocycles. The maximum atomic E-state index is 12.8. The summed E-state index contributed by atoms with van der Waals surface area (Å²) in [6, 6.07) is 7.24. The van der Waals surface area contributed by atoms with Crippen LogP contribution in [-0.4, -0.2) is 23.0 Å². The van der Waals surface area contributed by atoms with Gasteiger partial charge >= 0.3 is 0 Å². The van der Waals surface area contributed by atoms with Gasteiger partial charge in [-0.2, -0.15) is 5.10 Å². The molecule has 0 aliphatic heterocycles. The summed E-state index contributed by atoms with van der Waals surface area (Å²) < 4.78 is 29.8. The van der Waals surface area contributed by atoms with Crippen LogP contribution in [0.4, 0.5) is 5.82 Å². The van der Waals surface area contributed by atoms with Crippen molar-refractivity contribution in [1.29, 1.82) is 0 Å². The first kappa shape index (κ1) is 14.2. The van der Waals surface area contributed by atoms with E-state index in [9.17, 15) is 8.42 Å². The fourth-order valence-corrected chi connectivity index (χ4v) is 3.99. The van der Waals surface area contributed by atoms with Crippen molar-refractivity contribution < 1.29 is 8.42 Å². The second-order valence-electron chi connectivity index (χ2n) is 5.81. The summed E-state index contributed by atoms with van der Waals surface area (Å²) in [4.78, 5) is 4.41. The molecule has 3 aromatic heterocycles. The minimum absolute atomic E-state index is 0.156. The van der Waals surface area contributed by atoms with Crippen molar-refractivity contribution in [2.45, 2.75) is 30.6 Å². The molecule has 23 heavy (non-hydrogen) atoms. The number of nitrogens with zero attached hydrogens (tertiary/aromatic N) is 3. The van der Waals surface area contributed by atoms with Crippen LogP contribution in [0, 0.1) is 6.92 Å². The Morgan fingerprint density at radius 2 is 2.09 bits per heavy atom. The average Bonchev–Trinajstić information content (AvgIpc) is 3.24. The smallest absolute Gasteiger partial charge is 0.263 e. The maximum Gasteiger partial charge on any atom is 0.266 e. The van der Waals surface area contributed by atoms with Gasteiger partial charge in [0.1, 0.15) is 10.7 Å². The van der Waals surface area contributed by atoms with Gasteiger partial charge in [0, 0.05) is 18.0 Å². The van der Waals surface area contributed by atoms with E-state index in [2.05, 4.69) is 14.8 Å². The van der Waals surface area contributed by atoms with E-state index in [0.717, 1.165) is 24.0 Å². The highest BCUT2D eigenvalue weighted by atomic mass is 32.2. The molecule has 0 unspecified atom stereocenters. The van der Waals surface area contributed by atoms with Crippen LogP contribution in [0.5, 0.6) is 0 Å². The van der Waals surface area contributed by atoms with Gasteiger partial charge in [-0.05, 0) is 49.4 Å². The molecular formula is C16H16N4O2S. The summed E-state index contributed by atoms with van der Waals surface area (Å²) in [6.45, 7) is 1.99. The Hall–Kier alpha value is -2.41. The number of nitrogens with one attached hydrogen (secondary N) is 1. The van der Waals surface area contributed by atoms with Crippen LogP contribution in [0.2, 0.25) is 0 Å². The van der Waals surface area contributed by atoms with Gasteiger partial charge in [-0.15, -0.1) is 0 Å². The Labute approximate surface area is 134 Å². The number of fused-ring (bicyclic) bond motifs is 1. The quantitative estimate of drug-likeness (QED) is 0.799. The number of sulfonamides is 1. The molecule has 6 nitrogen and oxygen atoms in total. The normalized spacial score (nSPS) is 15.0. The molecule has 0 amide bonds. The van der Waals surface area contributed by atoms with Gasteiger partial charge in [0.2, 0.25) is 0 Å². The molecule has 0 radical (unpaired) electrons. The number of anilines is 1. The zero-order valence-corrected chi connectivity index (χ0v) is 13.4. The van der Waals surface area contributed by atoms with Gasteiger partial charge in [0.15, 0.2) is 0 Å². The molecule has 3 aromatic rings. The zero-order chi connectivity index (χ0) is 16.0. The topological polar surface area (TPSA) is 76.4 Å². The average molecular weight is 328 g/mol. The predicted octanol–water partition coefficient (Wildman–Crippen LogP) is 2.72. The number of rotatable bonds is 4. The number of aromatic nitrogens is 3. The fraction of sp³-hybridized carbons (Fsp3) is 0.250. The molecule has 1 aliphatic carbocycles. The van der Waals surface area contributed by atoms with Gasteiger partial charge in [0.25, 0.3) is 10.0 Å². The van der Waals surface area contributed by atoms with Gasteiger partial charge < -0.3 is 0 Å². The lowest BCUT2D eigenvalue weighted by Crippen LogP contribution is -2.15. The molecule has 1 aliphatic rings. The lowest BCUT2D eigenvalue weighted by molar-refractivity contribution is 0.601. The number of pyridine rings is 2. The summed E-state index contributed by atoms with van der Waals surface area (Å²) in [7, 11) is -3.74. The number of hydrogen-bond donors (Lipinski definition) is 1. The van der Waals surface area contributed by atoms with Crippen LogP contribution in [0.25, 0.3) is 5.52 Å². The molecule has 3 heterocycles. The monoisotopic (exact) mass is 328 g/mol. The van der Waals surface area contributed by atoms with Crippen molar-refractivity contribution in [3.8, 4) is 0 Å². The van der Waals surface area contributed by atoms with Crippen LogP contribution in [0.1, 0.15) is 29.9 Å². The molecule has 0 spiro atoms. The first-order chi connectivity index (χ1) is 11.1. The molecule has 0 atom stereocenters. The van der Waals surface area contributed by atoms with E-state index in [1.165, 1.54) is 6.20 Å². The molecule has 0 aromatic carbocycles. The zero-order valence-electron chi connectivity index (χ0n) is 12.6. The Balaban J connectivity index is 1.78. The largest absolute Gasteiger partial charge is 0.266 e. The number of hydrogen-bond acceptors (Lipinski definition) is 4. The van der Waals surface area contributed by atoms with E-state index in [-0.39, 0.29) is 4.90 Å². The SMILES string of the molecule is Cc1ccnc(NS(=O)(=O)c2cnn3ccccc23)c1C1CC1. The predicted molar refractivity (Wildman–Crippen MR) is 86.9 cm³/mol. The first-order valence-corrected chi connectivity index (χ1v) is 8.95. The lowest BCUT2D eigenvalue weighted by atomic mass is 10.1. The molecule has 1 N–H and O–H groups in total. The van der Waals surface area contributed by atoms with E-state index < -0.39 is 10.0 Å². The van der Waals surface area contributed by atoms with E-state index in [0.29, 0.717) is 17.3 Å². The minimum Gasteiger partial charge on any atom is -0.263 e. The second kappa shape index (κ2) is 5.06. The van der Waals surface area contributed by atoms with Gasteiger partial charge in [-0.3, -0.25) is 4.72 Å². The van der Waals surface area contributed by atoms with Crippen LogP contribution < -0.4 is 4.72 Å². The third-order valence-corrected chi connectivity index (χ3v) is 5.46. The first-order valence-electron chi connectivity index (χ1n) is 7.47. The summed E-state index contributed by atoms with van der Waals surface area (Å²) in [5.41, 5.74) is 2.62. The third-order valence-electron chi connectivity index (χ3n) is 4.11. The van der Waals surface area contributed by atoms with Crippen molar-refractivity contribution in [1.82, 2.24) is 14.6 Å². The molecular weight excluding hydrogens is 312 g/mol. The Morgan fingerprint density at radius 3 is 2.87 bits per heavy atom. The van der Waals surface area contributed by atoms with E-state index >= 15 is 0 Å². The van der Waals surface area contributed by atoms with Crippen LogP contribution >= 0.6 is 0 Å². The van der Waals surface area contributed by atoms with Crippen molar-refractivity contribution in [2.75, 3.05) is 4.72 Å². The molecule has 4 rings (SSSR count). The highest BCUT2D eigenvalue weighted by Gasteiger charge is 2.30. The van der Waals surface area contributed by atoms with Gasteiger partial charge in [0.05, 0.1) is 11.7 Å². The van der Waals surface area contributed by atoms with Crippen molar-refractivity contribution in [2.24, 2.45) is 0 Å². The summed E-state index contributed by atoms with van der Waals surface area (Å²) in [5.74, 6) is 0.841. The van der Waals surface area contributed by atoms with Crippen molar-refractivity contribution >= 4 is 21.4 Å². The molecule has 118 valence electrons. The van der Waals surface area contributed by atoms with Gasteiger partial charge in [-0.25, -0.2) is 17.9 Å². The minimum atomic E-state index is -3.74. The van der Waals surface area contributed by atoms with Crippen LogP contribution in [-0.2, 0) is 10.0 Å². The Kier molecular flexibility index (Phi) is 3.12. The second-order valence-corrected chi connectivity index (χ2v) is 7.46.